The summed E-state index contributed by atoms with van der Waals surface area (Å²) in [5, 5.41) is 17.8. The van der Waals surface area contributed by atoms with E-state index in [1.165, 1.54) is 0 Å². The van der Waals surface area contributed by atoms with Crippen molar-refractivity contribution in [2.24, 2.45) is 29.1 Å². The number of aliphatic hydroxyl groups excluding tert-OH is 1. The zero-order valence-corrected chi connectivity index (χ0v) is 21.0. The lowest BCUT2D eigenvalue weighted by Gasteiger charge is -2.56. The number of nitrogens with zero attached hydrogens (tertiary/aromatic N) is 1. The van der Waals surface area contributed by atoms with Gasteiger partial charge in [0.2, 0.25) is 11.8 Å². The molecule has 3 fully saturated rings. The Morgan fingerprint density at radius 1 is 1.24 bits per heavy atom. The number of nitrogens with one attached hydrogen (secondary N) is 2. The number of amides is 2. The average Bonchev–Trinajstić information content (AvgIpc) is 2.80. The van der Waals surface area contributed by atoms with Crippen molar-refractivity contribution in [2.75, 3.05) is 53.1 Å². The zero-order valence-electron chi connectivity index (χ0n) is 21.0. The highest BCUT2D eigenvalue weighted by Gasteiger charge is 2.53. The maximum Gasteiger partial charge on any atom is 0.223 e. The van der Waals surface area contributed by atoms with Gasteiger partial charge in [0, 0.05) is 51.7 Å². The third kappa shape index (κ3) is 6.47. The first-order valence-electron chi connectivity index (χ1n) is 12.8. The highest BCUT2D eigenvalue weighted by molar-refractivity contribution is 5.78. The molecule has 0 bridgehead atoms. The van der Waals surface area contributed by atoms with Gasteiger partial charge in [-0.05, 0) is 48.9 Å². The van der Waals surface area contributed by atoms with Gasteiger partial charge in [0.1, 0.15) is 0 Å². The molecule has 190 valence electrons. The first-order chi connectivity index (χ1) is 15.8. The van der Waals surface area contributed by atoms with Gasteiger partial charge in [-0.1, -0.05) is 20.8 Å². The Morgan fingerprint density at radius 2 is 1.94 bits per heavy atom. The van der Waals surface area contributed by atoms with Crippen LogP contribution < -0.4 is 10.6 Å². The van der Waals surface area contributed by atoms with Crippen LogP contribution in [0.5, 0.6) is 0 Å². The first-order valence-corrected chi connectivity index (χ1v) is 12.8. The van der Waals surface area contributed by atoms with Gasteiger partial charge in [-0.3, -0.25) is 14.5 Å². The minimum atomic E-state index is -0.544. The van der Waals surface area contributed by atoms with Crippen LogP contribution in [0.25, 0.3) is 0 Å². The summed E-state index contributed by atoms with van der Waals surface area (Å²) in [6.45, 7) is 11.6. The number of ether oxygens (including phenoxy) is 2. The minimum absolute atomic E-state index is 0.00664. The van der Waals surface area contributed by atoms with Crippen LogP contribution in [-0.4, -0.2) is 87.1 Å². The molecule has 3 aliphatic rings. The molecular weight excluding hydrogens is 422 g/mol. The van der Waals surface area contributed by atoms with Gasteiger partial charge < -0.3 is 25.2 Å². The number of fused-ring (bicyclic) bond motifs is 1. The van der Waals surface area contributed by atoms with Crippen molar-refractivity contribution in [3.63, 3.8) is 0 Å². The third-order valence-corrected chi connectivity index (χ3v) is 8.65. The minimum Gasteiger partial charge on any atom is -0.392 e. The first kappa shape index (κ1) is 26.4. The zero-order chi connectivity index (χ0) is 24.0. The van der Waals surface area contributed by atoms with E-state index in [1.807, 2.05) is 6.92 Å². The van der Waals surface area contributed by atoms with E-state index in [2.05, 4.69) is 29.4 Å². The summed E-state index contributed by atoms with van der Waals surface area (Å²) in [7, 11) is 1.60. The van der Waals surface area contributed by atoms with E-state index < -0.39 is 6.10 Å². The van der Waals surface area contributed by atoms with Gasteiger partial charge in [0.15, 0.2) is 0 Å². The Kier molecular flexibility index (Phi) is 9.56. The molecule has 7 atom stereocenters. The monoisotopic (exact) mass is 467 g/mol. The van der Waals surface area contributed by atoms with E-state index in [0.29, 0.717) is 19.6 Å². The molecule has 2 saturated carbocycles. The van der Waals surface area contributed by atoms with Crippen molar-refractivity contribution in [3.05, 3.63) is 0 Å². The SMILES string of the molecule is COCCC(=O)NC1CCC2(C)CCC(C(C)C(=O)NCCN3CCOCC3)C(O)C2C1C. The van der Waals surface area contributed by atoms with Crippen LogP contribution in [-0.2, 0) is 19.1 Å². The molecule has 2 amide bonds. The highest BCUT2D eigenvalue weighted by Crippen LogP contribution is 2.55. The summed E-state index contributed by atoms with van der Waals surface area (Å²) in [6, 6.07) is 0.0542. The lowest BCUT2D eigenvalue weighted by atomic mass is 9.51. The molecule has 7 unspecified atom stereocenters. The Bertz CT molecular complexity index is 656. The van der Waals surface area contributed by atoms with E-state index in [-0.39, 0.29) is 46.9 Å². The van der Waals surface area contributed by atoms with E-state index in [0.717, 1.165) is 58.5 Å². The van der Waals surface area contributed by atoms with Crippen LogP contribution in [0.15, 0.2) is 0 Å². The molecule has 3 N–H and O–H groups in total. The van der Waals surface area contributed by atoms with Gasteiger partial charge in [-0.25, -0.2) is 0 Å². The topological polar surface area (TPSA) is 100 Å². The molecule has 0 aromatic rings. The number of hydrogen-bond donors (Lipinski definition) is 3. The predicted molar refractivity (Wildman–Crippen MR) is 127 cm³/mol. The largest absolute Gasteiger partial charge is 0.392 e. The number of aliphatic hydroxyl groups is 1. The normalized spacial score (nSPS) is 36.0. The van der Waals surface area contributed by atoms with Gasteiger partial charge in [0.25, 0.3) is 0 Å². The number of methoxy groups -OCH3 is 1. The number of rotatable bonds is 9. The van der Waals surface area contributed by atoms with Crippen molar-refractivity contribution in [3.8, 4) is 0 Å². The Labute approximate surface area is 199 Å². The third-order valence-electron chi connectivity index (χ3n) is 8.65. The van der Waals surface area contributed by atoms with Gasteiger partial charge in [-0.15, -0.1) is 0 Å². The molecule has 1 saturated heterocycles. The summed E-state index contributed by atoms with van der Waals surface area (Å²) in [6.07, 6.45) is 3.61. The maximum absolute atomic E-state index is 12.9. The Balaban J connectivity index is 1.56. The fourth-order valence-corrected chi connectivity index (χ4v) is 6.49. The summed E-state index contributed by atoms with van der Waals surface area (Å²) >= 11 is 0. The van der Waals surface area contributed by atoms with Crippen LogP contribution in [0.2, 0.25) is 0 Å². The molecule has 33 heavy (non-hydrogen) atoms. The second-order valence-electron chi connectivity index (χ2n) is 10.7. The molecule has 1 heterocycles. The molecule has 0 aromatic carbocycles. The quantitative estimate of drug-likeness (QED) is 0.474. The van der Waals surface area contributed by atoms with Crippen LogP contribution in [0.3, 0.4) is 0 Å². The molecular formula is C25H45N3O5. The van der Waals surface area contributed by atoms with Crippen molar-refractivity contribution in [2.45, 2.75) is 65.0 Å². The van der Waals surface area contributed by atoms with Crippen LogP contribution in [0, 0.1) is 29.1 Å². The maximum atomic E-state index is 12.9. The summed E-state index contributed by atoms with van der Waals surface area (Å²) < 4.78 is 10.4. The number of carbonyl (C=O) groups excluding carboxylic acids is 2. The second kappa shape index (κ2) is 12.0. The molecule has 8 nitrogen and oxygen atoms in total. The summed E-state index contributed by atoms with van der Waals surface area (Å²) in [5.41, 5.74) is 0.0512. The molecule has 0 spiro atoms. The lowest BCUT2D eigenvalue weighted by molar-refractivity contribution is -0.144. The lowest BCUT2D eigenvalue weighted by Crippen LogP contribution is -2.58. The van der Waals surface area contributed by atoms with E-state index in [9.17, 15) is 14.7 Å². The van der Waals surface area contributed by atoms with Crippen LogP contribution in [0.4, 0.5) is 0 Å². The molecule has 0 aromatic heterocycles. The average molecular weight is 468 g/mol. The van der Waals surface area contributed by atoms with E-state index in [1.54, 1.807) is 7.11 Å². The number of hydrogen-bond acceptors (Lipinski definition) is 6. The smallest absolute Gasteiger partial charge is 0.223 e. The van der Waals surface area contributed by atoms with Gasteiger partial charge in [0.05, 0.1) is 25.9 Å². The number of morpholine rings is 1. The molecule has 2 aliphatic carbocycles. The summed E-state index contributed by atoms with van der Waals surface area (Å²) in [4.78, 5) is 27.5. The summed E-state index contributed by atoms with van der Waals surface area (Å²) in [5.74, 6) is -0.0307. The molecule has 3 rings (SSSR count). The van der Waals surface area contributed by atoms with Crippen molar-refractivity contribution >= 4 is 11.8 Å². The second-order valence-corrected chi connectivity index (χ2v) is 10.7. The fraction of sp³-hybridized carbons (Fsp3) is 0.920. The Morgan fingerprint density at radius 3 is 2.64 bits per heavy atom. The number of carbonyl (C=O) groups is 2. The van der Waals surface area contributed by atoms with E-state index >= 15 is 0 Å². The van der Waals surface area contributed by atoms with Gasteiger partial charge >= 0.3 is 0 Å². The highest BCUT2D eigenvalue weighted by atomic mass is 16.5. The standard InChI is InChI=1S/C25H45N3O5/c1-17(24(31)26-10-11-28-12-15-33-16-13-28)19-5-8-25(3)9-6-20(18(2)22(25)23(19)30)27-21(29)7-14-32-4/h17-20,22-23,30H,5-16H2,1-4H3,(H,26,31)(H,27,29). The van der Waals surface area contributed by atoms with Crippen molar-refractivity contribution in [1.82, 2.24) is 15.5 Å². The van der Waals surface area contributed by atoms with Gasteiger partial charge in [-0.2, -0.15) is 0 Å². The van der Waals surface area contributed by atoms with Crippen LogP contribution in [0.1, 0.15) is 52.9 Å². The van der Waals surface area contributed by atoms with E-state index in [4.69, 9.17) is 9.47 Å². The van der Waals surface area contributed by atoms with Crippen LogP contribution >= 0.6 is 0 Å². The Hall–Kier alpha value is -1.22. The van der Waals surface area contributed by atoms with Crippen molar-refractivity contribution < 1.29 is 24.2 Å². The predicted octanol–water partition coefficient (Wildman–Crippen LogP) is 1.42. The fourth-order valence-electron chi connectivity index (χ4n) is 6.49. The van der Waals surface area contributed by atoms with Crippen molar-refractivity contribution in [1.29, 1.82) is 0 Å². The molecule has 0 radical (unpaired) electrons. The molecule has 8 heteroatoms. The molecule has 1 aliphatic heterocycles.